The summed E-state index contributed by atoms with van der Waals surface area (Å²) in [6.45, 7) is 2.63. The highest BCUT2D eigenvalue weighted by atomic mass is 16.5. The summed E-state index contributed by atoms with van der Waals surface area (Å²) < 4.78 is 5.44. The zero-order chi connectivity index (χ0) is 14.7. The number of rotatable bonds is 3. The molecule has 0 radical (unpaired) electrons. The third kappa shape index (κ3) is 2.70. The molecule has 0 atom stereocenters. The van der Waals surface area contributed by atoms with Crippen molar-refractivity contribution in [1.29, 1.82) is 5.26 Å². The highest BCUT2D eigenvalue weighted by Gasteiger charge is 2.03. The van der Waals surface area contributed by atoms with Gasteiger partial charge in [0.2, 0.25) is 0 Å². The molecule has 21 heavy (non-hydrogen) atoms. The molecule has 3 aromatic rings. The third-order valence-electron chi connectivity index (χ3n) is 3.28. The lowest BCUT2D eigenvalue weighted by molar-refractivity contribution is 0.340. The first-order valence-electron chi connectivity index (χ1n) is 6.84. The SMILES string of the molecule is CCOc1ccc(-c2ccc3cc(C#N)ccc3n2)cc1. The van der Waals surface area contributed by atoms with E-state index in [4.69, 9.17) is 10.00 Å². The minimum absolute atomic E-state index is 0.651. The molecule has 3 nitrogen and oxygen atoms in total. The van der Waals surface area contributed by atoms with Gasteiger partial charge in [0, 0.05) is 10.9 Å². The quantitative estimate of drug-likeness (QED) is 0.720. The average Bonchev–Trinajstić information content (AvgIpc) is 2.55. The summed E-state index contributed by atoms with van der Waals surface area (Å²) in [5, 5.41) is 9.89. The number of nitrogens with zero attached hydrogens (tertiary/aromatic N) is 2. The van der Waals surface area contributed by atoms with Crippen molar-refractivity contribution in [3.05, 3.63) is 60.2 Å². The first-order valence-corrected chi connectivity index (χ1v) is 6.84. The average molecular weight is 274 g/mol. The highest BCUT2D eigenvalue weighted by Crippen LogP contribution is 2.23. The molecule has 1 heterocycles. The molecule has 1 aromatic heterocycles. The molecule has 0 amide bonds. The van der Waals surface area contributed by atoms with E-state index < -0.39 is 0 Å². The number of fused-ring (bicyclic) bond motifs is 1. The molecule has 0 aliphatic carbocycles. The molecule has 0 bridgehead atoms. The molecule has 102 valence electrons. The van der Waals surface area contributed by atoms with E-state index in [0.29, 0.717) is 12.2 Å². The summed E-state index contributed by atoms with van der Waals surface area (Å²) in [6.07, 6.45) is 0. The van der Waals surface area contributed by atoms with Crippen molar-refractivity contribution in [2.45, 2.75) is 6.92 Å². The van der Waals surface area contributed by atoms with Gasteiger partial charge in [-0.3, -0.25) is 0 Å². The zero-order valence-corrected chi connectivity index (χ0v) is 11.7. The Morgan fingerprint density at radius 1 is 1.05 bits per heavy atom. The number of hydrogen-bond donors (Lipinski definition) is 0. The van der Waals surface area contributed by atoms with Crippen LogP contribution < -0.4 is 4.74 Å². The van der Waals surface area contributed by atoms with Crippen LogP contribution in [0.25, 0.3) is 22.2 Å². The summed E-state index contributed by atoms with van der Waals surface area (Å²) >= 11 is 0. The van der Waals surface area contributed by atoms with E-state index in [1.54, 1.807) is 6.07 Å². The first-order chi connectivity index (χ1) is 10.3. The van der Waals surface area contributed by atoms with Crippen LogP contribution in [-0.4, -0.2) is 11.6 Å². The van der Waals surface area contributed by atoms with Crippen LogP contribution in [0.2, 0.25) is 0 Å². The molecule has 0 saturated carbocycles. The molecular weight excluding hydrogens is 260 g/mol. The second kappa shape index (κ2) is 5.64. The van der Waals surface area contributed by atoms with Gasteiger partial charge in [0.15, 0.2) is 0 Å². The monoisotopic (exact) mass is 274 g/mol. The number of hydrogen-bond acceptors (Lipinski definition) is 3. The van der Waals surface area contributed by atoms with E-state index in [0.717, 1.165) is 27.9 Å². The number of benzene rings is 2. The van der Waals surface area contributed by atoms with Crippen molar-refractivity contribution in [2.75, 3.05) is 6.61 Å². The Hall–Kier alpha value is -2.86. The summed E-state index contributed by atoms with van der Waals surface area (Å²) in [6, 6.07) is 19.5. The topological polar surface area (TPSA) is 45.9 Å². The molecule has 0 N–H and O–H groups in total. The van der Waals surface area contributed by atoms with Gasteiger partial charge in [-0.2, -0.15) is 5.26 Å². The Kier molecular flexibility index (Phi) is 3.53. The second-order valence-electron chi connectivity index (χ2n) is 4.67. The van der Waals surface area contributed by atoms with Gasteiger partial charge in [0.05, 0.1) is 29.5 Å². The van der Waals surface area contributed by atoms with E-state index in [9.17, 15) is 0 Å². The molecule has 0 saturated heterocycles. The lowest BCUT2D eigenvalue weighted by Gasteiger charge is -2.06. The van der Waals surface area contributed by atoms with Crippen molar-refractivity contribution < 1.29 is 4.74 Å². The largest absolute Gasteiger partial charge is 0.494 e. The summed E-state index contributed by atoms with van der Waals surface area (Å²) in [7, 11) is 0. The number of nitriles is 1. The number of pyridine rings is 1. The van der Waals surface area contributed by atoms with Crippen LogP contribution in [-0.2, 0) is 0 Å². The van der Waals surface area contributed by atoms with Gasteiger partial charge in [-0.15, -0.1) is 0 Å². The fourth-order valence-corrected chi connectivity index (χ4v) is 2.24. The van der Waals surface area contributed by atoms with Gasteiger partial charge < -0.3 is 4.74 Å². The molecule has 3 rings (SSSR count). The summed E-state index contributed by atoms with van der Waals surface area (Å²) in [5.74, 6) is 0.862. The van der Waals surface area contributed by atoms with Crippen molar-refractivity contribution in [2.24, 2.45) is 0 Å². The smallest absolute Gasteiger partial charge is 0.119 e. The van der Waals surface area contributed by atoms with E-state index in [1.165, 1.54) is 0 Å². The van der Waals surface area contributed by atoms with Gasteiger partial charge in [-0.05, 0) is 55.5 Å². The predicted octanol–water partition coefficient (Wildman–Crippen LogP) is 4.17. The molecule has 2 aromatic carbocycles. The minimum atomic E-state index is 0.651. The second-order valence-corrected chi connectivity index (χ2v) is 4.67. The van der Waals surface area contributed by atoms with Crippen LogP contribution in [0.4, 0.5) is 0 Å². The predicted molar refractivity (Wildman–Crippen MR) is 83.1 cm³/mol. The zero-order valence-electron chi connectivity index (χ0n) is 11.7. The van der Waals surface area contributed by atoms with Crippen LogP contribution in [0.15, 0.2) is 54.6 Å². The maximum absolute atomic E-state index is 8.92. The molecule has 0 fully saturated rings. The van der Waals surface area contributed by atoms with Crippen LogP contribution in [0.1, 0.15) is 12.5 Å². The Balaban J connectivity index is 1.99. The van der Waals surface area contributed by atoms with Crippen molar-refractivity contribution >= 4 is 10.9 Å². The highest BCUT2D eigenvalue weighted by molar-refractivity contribution is 5.82. The maximum atomic E-state index is 8.92. The number of aromatic nitrogens is 1. The van der Waals surface area contributed by atoms with Gasteiger partial charge in [0.25, 0.3) is 0 Å². The molecule has 0 spiro atoms. The lowest BCUT2D eigenvalue weighted by Crippen LogP contribution is -1.91. The molecule has 0 aliphatic heterocycles. The summed E-state index contributed by atoms with van der Waals surface area (Å²) in [4.78, 5) is 4.65. The van der Waals surface area contributed by atoms with E-state index in [1.807, 2.05) is 55.5 Å². The normalized spacial score (nSPS) is 10.3. The van der Waals surface area contributed by atoms with Crippen molar-refractivity contribution in [3.8, 4) is 23.1 Å². The number of ether oxygens (including phenoxy) is 1. The minimum Gasteiger partial charge on any atom is -0.494 e. The lowest BCUT2D eigenvalue weighted by atomic mass is 10.1. The third-order valence-corrected chi connectivity index (χ3v) is 3.28. The van der Waals surface area contributed by atoms with Crippen LogP contribution >= 0.6 is 0 Å². The van der Waals surface area contributed by atoms with Gasteiger partial charge >= 0.3 is 0 Å². The first kappa shape index (κ1) is 13.1. The van der Waals surface area contributed by atoms with Crippen LogP contribution in [0.3, 0.4) is 0 Å². The Labute approximate surface area is 123 Å². The Bertz CT molecular complexity index is 817. The van der Waals surface area contributed by atoms with Gasteiger partial charge in [-0.25, -0.2) is 4.98 Å². The standard InChI is InChI=1S/C18H14N2O/c1-2-21-16-7-4-14(5-8-16)17-10-6-15-11-13(12-19)3-9-18(15)20-17/h3-11H,2H2,1H3. The maximum Gasteiger partial charge on any atom is 0.119 e. The van der Waals surface area contributed by atoms with Gasteiger partial charge in [-0.1, -0.05) is 6.07 Å². The van der Waals surface area contributed by atoms with Crippen LogP contribution in [0.5, 0.6) is 5.75 Å². The van der Waals surface area contributed by atoms with E-state index >= 15 is 0 Å². The van der Waals surface area contributed by atoms with Crippen molar-refractivity contribution in [3.63, 3.8) is 0 Å². The molecular formula is C18H14N2O. The Morgan fingerprint density at radius 2 is 1.86 bits per heavy atom. The fraction of sp³-hybridized carbons (Fsp3) is 0.111. The van der Waals surface area contributed by atoms with Gasteiger partial charge in [0.1, 0.15) is 5.75 Å². The van der Waals surface area contributed by atoms with Crippen LogP contribution in [0, 0.1) is 11.3 Å². The van der Waals surface area contributed by atoms with E-state index in [2.05, 4.69) is 11.1 Å². The van der Waals surface area contributed by atoms with Crippen molar-refractivity contribution in [1.82, 2.24) is 4.98 Å². The fourth-order valence-electron chi connectivity index (χ4n) is 2.24. The Morgan fingerprint density at radius 3 is 2.57 bits per heavy atom. The van der Waals surface area contributed by atoms with E-state index in [-0.39, 0.29) is 0 Å². The molecule has 0 aliphatic rings. The molecule has 3 heteroatoms. The molecule has 0 unspecified atom stereocenters. The summed E-state index contributed by atoms with van der Waals surface area (Å²) in [5.41, 5.74) is 3.50.